The summed E-state index contributed by atoms with van der Waals surface area (Å²) in [4.78, 5) is 8.66. The van der Waals surface area contributed by atoms with Crippen LogP contribution in [0.15, 0.2) is 47.6 Å². The number of fused-ring (bicyclic) bond motifs is 1. The molecule has 0 spiro atoms. The minimum atomic E-state index is -3.43. The van der Waals surface area contributed by atoms with Crippen molar-refractivity contribution in [3.05, 3.63) is 48.2 Å². The number of aromatic nitrogens is 3. The van der Waals surface area contributed by atoms with Gasteiger partial charge in [-0.2, -0.15) is 4.98 Å². The number of nitrogens with zero attached hydrogens (tertiary/aromatic N) is 5. The zero-order valence-corrected chi connectivity index (χ0v) is 16.1. The summed E-state index contributed by atoms with van der Waals surface area (Å²) in [6.45, 7) is 0.0364. The number of hydrazone groups is 1. The highest BCUT2D eigenvalue weighted by molar-refractivity contribution is 7.92. The Morgan fingerprint density at radius 1 is 1.25 bits per heavy atom. The number of para-hydroxylation sites is 2. The number of rotatable bonds is 5. The van der Waals surface area contributed by atoms with Crippen LogP contribution in [0.5, 0.6) is 6.01 Å². The molecule has 1 aromatic carbocycles. The lowest BCUT2D eigenvalue weighted by atomic mass is 10.3. The van der Waals surface area contributed by atoms with Crippen LogP contribution in [-0.2, 0) is 16.6 Å². The van der Waals surface area contributed by atoms with Gasteiger partial charge in [0.1, 0.15) is 12.4 Å². The molecular weight excluding hydrogens is 384 g/mol. The second kappa shape index (κ2) is 7.70. The van der Waals surface area contributed by atoms with Gasteiger partial charge in [0.25, 0.3) is 0 Å². The van der Waals surface area contributed by atoms with Crippen molar-refractivity contribution in [3.8, 4) is 6.01 Å². The van der Waals surface area contributed by atoms with E-state index < -0.39 is 10.0 Å². The fraction of sp³-hybridized carbons (Fsp3) is 0.188. The van der Waals surface area contributed by atoms with Crippen molar-refractivity contribution >= 4 is 32.8 Å². The van der Waals surface area contributed by atoms with Crippen LogP contribution in [-0.4, -0.2) is 47.2 Å². The minimum Gasteiger partial charge on any atom is -0.458 e. The number of hydrazine groups is 1. The topological polar surface area (TPSA) is 154 Å². The maximum Gasteiger partial charge on any atom is 0.304 e. The number of hydrogen-bond donors (Lipinski definition) is 3. The smallest absolute Gasteiger partial charge is 0.304 e. The molecule has 11 nitrogen and oxygen atoms in total. The highest BCUT2D eigenvalue weighted by Crippen LogP contribution is 2.22. The van der Waals surface area contributed by atoms with Gasteiger partial charge in [-0.1, -0.05) is 18.2 Å². The van der Waals surface area contributed by atoms with E-state index in [1.165, 1.54) is 5.01 Å². The molecule has 0 aliphatic rings. The molecule has 0 saturated carbocycles. The summed E-state index contributed by atoms with van der Waals surface area (Å²) in [5.41, 5.74) is 1.88. The molecule has 12 heteroatoms. The summed E-state index contributed by atoms with van der Waals surface area (Å²) in [6, 6.07) is 12.5. The van der Waals surface area contributed by atoms with E-state index in [4.69, 9.17) is 16.4 Å². The molecule has 2 heterocycles. The van der Waals surface area contributed by atoms with Crippen LogP contribution in [0.3, 0.4) is 0 Å². The average molecular weight is 404 g/mol. The number of sulfonamides is 1. The maximum atomic E-state index is 11.4. The van der Waals surface area contributed by atoms with Crippen LogP contribution >= 0.6 is 0 Å². The number of hydrogen-bond acceptors (Lipinski definition) is 8. The Kier molecular flexibility index (Phi) is 5.33. The first-order valence-electron chi connectivity index (χ1n) is 8.09. The Labute approximate surface area is 161 Å². The molecule has 0 bridgehead atoms. The number of imidazole rings is 1. The van der Waals surface area contributed by atoms with Crippen LogP contribution in [0.2, 0.25) is 0 Å². The Balaban J connectivity index is 1.92. The summed E-state index contributed by atoms with van der Waals surface area (Å²) in [7, 11) is -1.84. The van der Waals surface area contributed by atoms with Crippen molar-refractivity contribution < 1.29 is 13.2 Å². The minimum absolute atomic E-state index is 0.0364. The van der Waals surface area contributed by atoms with E-state index in [0.717, 1.165) is 6.26 Å². The molecule has 0 aliphatic heterocycles. The van der Waals surface area contributed by atoms with Crippen molar-refractivity contribution in [3.63, 3.8) is 0 Å². The van der Waals surface area contributed by atoms with Gasteiger partial charge in [0.15, 0.2) is 0 Å². The fourth-order valence-electron chi connectivity index (χ4n) is 2.55. The van der Waals surface area contributed by atoms with E-state index in [9.17, 15) is 8.42 Å². The van der Waals surface area contributed by atoms with Gasteiger partial charge >= 0.3 is 6.01 Å². The first-order chi connectivity index (χ1) is 13.3. The number of nitrogens with one attached hydrogen (secondary N) is 1. The van der Waals surface area contributed by atoms with E-state index in [2.05, 4.69) is 19.8 Å². The zero-order valence-electron chi connectivity index (χ0n) is 15.3. The van der Waals surface area contributed by atoms with Crippen molar-refractivity contribution in [2.45, 2.75) is 6.61 Å². The van der Waals surface area contributed by atoms with E-state index >= 15 is 0 Å². The van der Waals surface area contributed by atoms with Gasteiger partial charge in [-0.05, 0) is 24.3 Å². The van der Waals surface area contributed by atoms with E-state index in [1.54, 1.807) is 29.8 Å². The third-order valence-corrected chi connectivity index (χ3v) is 4.19. The molecule has 0 amide bonds. The SMILES string of the molecule is CN(N)/C(=N\N)n1c(OCc2cccc(NS(C)(=O)=O)n2)nc2ccccc21. The van der Waals surface area contributed by atoms with Gasteiger partial charge in [0, 0.05) is 7.05 Å². The summed E-state index contributed by atoms with van der Waals surface area (Å²) in [5.74, 6) is 11.7. The predicted octanol–water partition coefficient (Wildman–Crippen LogP) is 0.265. The van der Waals surface area contributed by atoms with Crippen LogP contribution in [0.1, 0.15) is 5.69 Å². The highest BCUT2D eigenvalue weighted by Gasteiger charge is 2.18. The lowest BCUT2D eigenvalue weighted by Crippen LogP contribution is -2.39. The molecule has 0 fully saturated rings. The molecule has 0 saturated heterocycles. The van der Waals surface area contributed by atoms with Crippen molar-refractivity contribution in [2.24, 2.45) is 16.8 Å². The first kappa shape index (κ1) is 19.4. The van der Waals surface area contributed by atoms with E-state index in [0.29, 0.717) is 16.7 Å². The summed E-state index contributed by atoms with van der Waals surface area (Å²) < 4.78 is 32.5. The predicted molar refractivity (Wildman–Crippen MR) is 106 cm³/mol. The molecule has 0 radical (unpaired) electrons. The molecular formula is C16H20N8O3S. The van der Waals surface area contributed by atoms with Gasteiger partial charge in [0.2, 0.25) is 16.0 Å². The van der Waals surface area contributed by atoms with Gasteiger partial charge < -0.3 is 10.6 Å². The largest absolute Gasteiger partial charge is 0.458 e. The van der Waals surface area contributed by atoms with Crippen molar-refractivity contribution in [1.29, 1.82) is 0 Å². The normalized spacial score (nSPS) is 12.2. The van der Waals surface area contributed by atoms with Gasteiger partial charge in [0.05, 0.1) is 23.0 Å². The Hall–Kier alpha value is -3.38. The maximum absolute atomic E-state index is 11.4. The Bertz CT molecular complexity index is 1120. The van der Waals surface area contributed by atoms with Crippen LogP contribution in [0.25, 0.3) is 11.0 Å². The summed E-state index contributed by atoms with van der Waals surface area (Å²) in [6.07, 6.45) is 1.05. The third kappa shape index (κ3) is 4.29. The monoisotopic (exact) mass is 404 g/mol. The standard InChI is InChI=1S/C16H20N8O3S/c1-23(18)15(21-17)24-13-8-4-3-7-12(13)20-16(24)27-10-11-6-5-9-14(19-11)22-28(2,25)26/h3-9H,10,17-18H2,1-2H3,(H,19,22)/b21-15+. The number of benzene rings is 1. The van der Waals surface area contributed by atoms with Crippen LogP contribution in [0, 0.1) is 0 Å². The molecule has 28 heavy (non-hydrogen) atoms. The van der Waals surface area contributed by atoms with Crippen molar-refractivity contribution in [2.75, 3.05) is 18.0 Å². The van der Waals surface area contributed by atoms with Crippen LogP contribution < -0.4 is 21.1 Å². The third-order valence-electron chi connectivity index (χ3n) is 3.61. The number of anilines is 1. The molecule has 5 N–H and O–H groups in total. The van der Waals surface area contributed by atoms with Gasteiger partial charge in [-0.25, -0.2) is 23.8 Å². The Morgan fingerprint density at radius 3 is 2.68 bits per heavy atom. The quantitative estimate of drug-likeness (QED) is 0.237. The molecule has 2 aromatic heterocycles. The molecule has 0 aliphatic carbocycles. The van der Waals surface area contributed by atoms with E-state index in [-0.39, 0.29) is 24.4 Å². The second-order valence-electron chi connectivity index (χ2n) is 5.94. The first-order valence-corrected chi connectivity index (χ1v) is 9.98. The van der Waals surface area contributed by atoms with Gasteiger partial charge in [-0.15, -0.1) is 5.10 Å². The van der Waals surface area contributed by atoms with Gasteiger partial charge in [-0.3, -0.25) is 9.73 Å². The molecule has 0 unspecified atom stereocenters. The second-order valence-corrected chi connectivity index (χ2v) is 7.68. The number of pyridine rings is 1. The van der Waals surface area contributed by atoms with E-state index in [1.807, 2.05) is 24.3 Å². The van der Waals surface area contributed by atoms with Crippen molar-refractivity contribution in [1.82, 2.24) is 19.5 Å². The molecule has 3 aromatic rings. The lowest BCUT2D eigenvalue weighted by Gasteiger charge is -2.17. The number of ether oxygens (including phenoxy) is 1. The lowest BCUT2D eigenvalue weighted by molar-refractivity contribution is 0.273. The number of nitrogens with two attached hydrogens (primary N) is 2. The average Bonchev–Trinajstić information content (AvgIpc) is 2.98. The van der Waals surface area contributed by atoms with Crippen LogP contribution in [0.4, 0.5) is 5.82 Å². The molecule has 3 rings (SSSR count). The fourth-order valence-corrected chi connectivity index (χ4v) is 3.04. The highest BCUT2D eigenvalue weighted by atomic mass is 32.2. The Morgan fingerprint density at radius 2 is 2.00 bits per heavy atom. The zero-order chi connectivity index (χ0) is 20.3. The molecule has 0 atom stereocenters. The summed E-state index contributed by atoms with van der Waals surface area (Å²) in [5, 5.41) is 4.96. The summed E-state index contributed by atoms with van der Waals surface area (Å²) >= 11 is 0. The molecule has 148 valence electrons.